The van der Waals surface area contributed by atoms with E-state index in [0.29, 0.717) is 17.0 Å². The lowest BCUT2D eigenvalue weighted by Gasteiger charge is -2.40. The molecule has 3 rings (SSSR count). The summed E-state index contributed by atoms with van der Waals surface area (Å²) >= 11 is 6.37. The summed E-state index contributed by atoms with van der Waals surface area (Å²) in [5, 5.41) is 40.3. The molecule has 5 unspecified atom stereocenters. The first-order chi connectivity index (χ1) is 13.3. The van der Waals surface area contributed by atoms with E-state index in [-0.39, 0.29) is 0 Å². The number of hydrogen-bond donors (Lipinski definition) is 4. The number of anilines is 1. The van der Waals surface area contributed by atoms with Gasteiger partial charge >= 0.3 is 0 Å². The highest BCUT2D eigenvalue weighted by Crippen LogP contribution is 2.34. The van der Waals surface area contributed by atoms with Crippen molar-refractivity contribution in [3.8, 4) is 0 Å². The number of rotatable bonds is 5. The average Bonchev–Trinajstić information content (AvgIpc) is 2.69. The zero-order valence-electron chi connectivity index (χ0n) is 15.9. The first-order valence-electron chi connectivity index (χ1n) is 9.17. The van der Waals surface area contributed by atoms with Gasteiger partial charge in [-0.3, -0.25) is 0 Å². The van der Waals surface area contributed by atoms with E-state index in [9.17, 15) is 20.4 Å². The molecule has 0 aromatic heterocycles. The van der Waals surface area contributed by atoms with Gasteiger partial charge in [0.15, 0.2) is 0 Å². The third kappa shape index (κ3) is 4.33. The van der Waals surface area contributed by atoms with Crippen LogP contribution in [0.15, 0.2) is 42.5 Å². The van der Waals surface area contributed by atoms with Crippen LogP contribution in [-0.4, -0.2) is 65.5 Å². The van der Waals surface area contributed by atoms with Crippen LogP contribution < -0.4 is 4.90 Å². The average molecular weight is 408 g/mol. The molecule has 0 amide bonds. The van der Waals surface area contributed by atoms with Gasteiger partial charge in [0.2, 0.25) is 0 Å². The molecule has 1 aliphatic heterocycles. The normalized spacial score (nSPS) is 27.6. The maximum absolute atomic E-state index is 10.4. The summed E-state index contributed by atoms with van der Waals surface area (Å²) < 4.78 is 5.65. The van der Waals surface area contributed by atoms with E-state index in [1.165, 1.54) is 0 Å². The van der Waals surface area contributed by atoms with Crippen molar-refractivity contribution in [1.29, 1.82) is 0 Å². The van der Waals surface area contributed by atoms with Crippen LogP contribution in [0.1, 0.15) is 22.8 Å². The standard InChI is InChI=1S/C21H26ClNO5/c1-23(2)15-6-3-12(4-7-15)9-14-10-13(5-8-16(14)22)21-20(27)19(26)18(25)17(11-24)28-21/h3-8,10,17-21,24-27H,9,11H2,1-2H3. The fourth-order valence-corrected chi connectivity index (χ4v) is 3.60. The molecule has 1 aliphatic rings. The zero-order chi connectivity index (χ0) is 20.4. The van der Waals surface area contributed by atoms with Gasteiger partial charge in [-0.15, -0.1) is 0 Å². The first-order valence-corrected chi connectivity index (χ1v) is 9.54. The number of halogens is 1. The Morgan fingerprint density at radius 3 is 2.25 bits per heavy atom. The van der Waals surface area contributed by atoms with Crippen molar-refractivity contribution < 1.29 is 25.2 Å². The maximum Gasteiger partial charge on any atom is 0.113 e. The second-order valence-corrected chi connectivity index (χ2v) is 7.75. The molecule has 1 fully saturated rings. The van der Waals surface area contributed by atoms with Crippen LogP contribution >= 0.6 is 11.6 Å². The molecule has 2 aromatic carbocycles. The molecule has 152 valence electrons. The Bertz CT molecular complexity index is 796. The fourth-order valence-electron chi connectivity index (χ4n) is 3.42. The summed E-state index contributed by atoms with van der Waals surface area (Å²) in [6.45, 7) is -0.458. The lowest BCUT2D eigenvalue weighted by molar-refractivity contribution is -0.231. The lowest BCUT2D eigenvalue weighted by Crippen LogP contribution is -2.55. The predicted molar refractivity (Wildman–Crippen MR) is 108 cm³/mol. The van der Waals surface area contributed by atoms with E-state index < -0.39 is 37.1 Å². The molecule has 1 saturated heterocycles. The van der Waals surface area contributed by atoms with E-state index >= 15 is 0 Å². The highest BCUT2D eigenvalue weighted by atomic mass is 35.5. The lowest BCUT2D eigenvalue weighted by atomic mass is 9.90. The Morgan fingerprint density at radius 2 is 1.64 bits per heavy atom. The Hall–Kier alpha value is -1.67. The van der Waals surface area contributed by atoms with E-state index in [4.69, 9.17) is 16.3 Å². The molecule has 7 heteroatoms. The van der Waals surface area contributed by atoms with Crippen LogP contribution in [-0.2, 0) is 11.2 Å². The second-order valence-electron chi connectivity index (χ2n) is 7.34. The van der Waals surface area contributed by atoms with Crippen molar-refractivity contribution in [2.75, 3.05) is 25.6 Å². The van der Waals surface area contributed by atoms with E-state index in [1.807, 2.05) is 49.3 Å². The predicted octanol–water partition coefficient (Wildman–Crippen LogP) is 1.51. The Balaban J connectivity index is 1.84. The minimum atomic E-state index is -1.41. The Kier molecular flexibility index (Phi) is 6.60. The quantitative estimate of drug-likeness (QED) is 0.600. The summed E-state index contributed by atoms with van der Waals surface area (Å²) in [5.41, 5.74) is 3.67. The zero-order valence-corrected chi connectivity index (χ0v) is 16.6. The number of hydrogen-bond acceptors (Lipinski definition) is 6. The molecule has 5 atom stereocenters. The van der Waals surface area contributed by atoms with E-state index in [2.05, 4.69) is 0 Å². The van der Waals surface area contributed by atoms with Gasteiger partial charge in [0, 0.05) is 24.8 Å². The van der Waals surface area contributed by atoms with Crippen LogP contribution in [0.3, 0.4) is 0 Å². The number of aliphatic hydroxyl groups is 4. The van der Waals surface area contributed by atoms with Crippen molar-refractivity contribution in [2.24, 2.45) is 0 Å². The molecule has 0 saturated carbocycles. The maximum atomic E-state index is 10.4. The topological polar surface area (TPSA) is 93.4 Å². The summed E-state index contributed by atoms with van der Waals surface area (Å²) in [6, 6.07) is 13.4. The molecular formula is C21H26ClNO5. The van der Waals surface area contributed by atoms with Crippen molar-refractivity contribution in [2.45, 2.75) is 36.9 Å². The Labute approximate surface area is 169 Å². The summed E-state index contributed by atoms with van der Waals surface area (Å²) in [6.07, 6.45) is -5.32. The fraction of sp³-hybridized carbons (Fsp3) is 0.429. The van der Waals surface area contributed by atoms with Crippen molar-refractivity contribution in [3.63, 3.8) is 0 Å². The van der Waals surface area contributed by atoms with Gasteiger partial charge < -0.3 is 30.1 Å². The van der Waals surface area contributed by atoms with Gasteiger partial charge in [0.25, 0.3) is 0 Å². The van der Waals surface area contributed by atoms with Gasteiger partial charge in [-0.05, 0) is 41.3 Å². The van der Waals surface area contributed by atoms with Gasteiger partial charge in [0.1, 0.15) is 30.5 Å². The third-order valence-electron chi connectivity index (χ3n) is 5.14. The van der Waals surface area contributed by atoms with E-state index in [0.717, 1.165) is 16.8 Å². The number of benzene rings is 2. The van der Waals surface area contributed by atoms with E-state index in [1.54, 1.807) is 12.1 Å². The largest absolute Gasteiger partial charge is 0.394 e. The number of aliphatic hydroxyl groups excluding tert-OH is 4. The second kappa shape index (κ2) is 8.78. The van der Waals surface area contributed by atoms with Crippen molar-refractivity contribution in [1.82, 2.24) is 0 Å². The molecule has 0 bridgehead atoms. The third-order valence-corrected chi connectivity index (χ3v) is 5.51. The van der Waals surface area contributed by atoms with Crippen LogP contribution in [0.4, 0.5) is 5.69 Å². The molecule has 2 aromatic rings. The molecule has 28 heavy (non-hydrogen) atoms. The summed E-state index contributed by atoms with van der Waals surface area (Å²) in [7, 11) is 3.96. The highest BCUT2D eigenvalue weighted by molar-refractivity contribution is 6.31. The number of ether oxygens (including phenoxy) is 1. The molecule has 0 radical (unpaired) electrons. The Morgan fingerprint density at radius 1 is 0.964 bits per heavy atom. The molecule has 4 N–H and O–H groups in total. The molecular weight excluding hydrogens is 382 g/mol. The molecule has 1 heterocycles. The van der Waals surface area contributed by atoms with Crippen LogP contribution in [0.25, 0.3) is 0 Å². The van der Waals surface area contributed by atoms with Gasteiger partial charge in [0.05, 0.1) is 6.61 Å². The van der Waals surface area contributed by atoms with Crippen LogP contribution in [0, 0.1) is 0 Å². The first kappa shape index (κ1) is 21.0. The summed E-state index contributed by atoms with van der Waals surface area (Å²) in [5.74, 6) is 0. The van der Waals surface area contributed by atoms with Crippen LogP contribution in [0.5, 0.6) is 0 Å². The highest BCUT2D eigenvalue weighted by Gasteiger charge is 2.43. The van der Waals surface area contributed by atoms with Crippen LogP contribution in [0.2, 0.25) is 5.02 Å². The van der Waals surface area contributed by atoms with Gasteiger partial charge in [-0.2, -0.15) is 0 Å². The number of nitrogens with zero attached hydrogens (tertiary/aromatic N) is 1. The van der Waals surface area contributed by atoms with Gasteiger partial charge in [-0.25, -0.2) is 0 Å². The molecule has 0 aliphatic carbocycles. The molecule has 0 spiro atoms. The minimum absolute atomic E-state index is 0.458. The van der Waals surface area contributed by atoms with Crippen molar-refractivity contribution >= 4 is 17.3 Å². The smallest absolute Gasteiger partial charge is 0.113 e. The SMILES string of the molecule is CN(C)c1ccc(Cc2cc(C3OC(CO)C(O)C(O)C3O)ccc2Cl)cc1. The molecule has 6 nitrogen and oxygen atoms in total. The minimum Gasteiger partial charge on any atom is -0.394 e. The monoisotopic (exact) mass is 407 g/mol. The van der Waals surface area contributed by atoms with Crippen molar-refractivity contribution in [3.05, 3.63) is 64.2 Å². The summed E-state index contributed by atoms with van der Waals surface area (Å²) in [4.78, 5) is 2.02. The van der Waals surface area contributed by atoms with Gasteiger partial charge in [-0.1, -0.05) is 35.9 Å².